The van der Waals surface area contributed by atoms with Crippen molar-refractivity contribution >= 4 is 23.9 Å². The van der Waals surface area contributed by atoms with Crippen LogP contribution < -0.4 is 0 Å². The Balaban J connectivity index is 2.71. The van der Waals surface area contributed by atoms with Gasteiger partial charge in [0.15, 0.2) is 24.6 Å². The van der Waals surface area contributed by atoms with Crippen LogP contribution in [0.3, 0.4) is 0 Å². The molecule has 3 N–H and O–H groups in total. The van der Waals surface area contributed by atoms with Crippen LogP contribution in [0.1, 0.15) is 226 Å². The first-order chi connectivity index (χ1) is 33.6. The number of esters is 3. The Labute approximate surface area is 417 Å². The second-order valence-electron chi connectivity index (χ2n) is 18.5. The molecule has 1 heterocycles. The highest BCUT2D eigenvalue weighted by atomic mass is 16.7. The molecule has 1 saturated heterocycles. The van der Waals surface area contributed by atoms with Crippen LogP contribution in [-0.2, 0) is 42.9 Å². The Kier molecular flexibility index (Phi) is 41.9. The summed E-state index contributed by atoms with van der Waals surface area (Å²) in [7, 11) is 0. The van der Waals surface area contributed by atoms with E-state index < -0.39 is 67.3 Å². The van der Waals surface area contributed by atoms with Crippen LogP contribution in [0.5, 0.6) is 0 Å². The van der Waals surface area contributed by atoms with Gasteiger partial charge < -0.3 is 39.0 Å². The maximum Gasteiger partial charge on any atom is 0.335 e. The van der Waals surface area contributed by atoms with Gasteiger partial charge in [-0.15, -0.1) is 0 Å². The van der Waals surface area contributed by atoms with Crippen LogP contribution in [0.25, 0.3) is 0 Å². The maximum absolute atomic E-state index is 13.0. The van der Waals surface area contributed by atoms with E-state index in [1.807, 2.05) is 12.2 Å². The fourth-order valence-corrected chi connectivity index (χ4v) is 7.90. The largest absolute Gasteiger partial charge is 0.479 e. The van der Waals surface area contributed by atoms with Gasteiger partial charge in [-0.05, 0) is 70.6 Å². The summed E-state index contributed by atoms with van der Waals surface area (Å²) in [6, 6.07) is 0. The first-order valence-corrected chi connectivity index (χ1v) is 27.3. The Morgan fingerprint density at radius 2 is 0.942 bits per heavy atom. The predicted octanol–water partition coefficient (Wildman–Crippen LogP) is 13.2. The number of carboxylic acids is 1. The summed E-state index contributed by atoms with van der Waals surface area (Å²) in [6.45, 7) is 5.76. The predicted molar refractivity (Wildman–Crippen MR) is 275 cm³/mol. The zero-order chi connectivity index (χ0) is 50.4. The standard InChI is InChI=1S/C57H96O12/c1-4-7-10-13-16-19-21-23-24-25-26-28-30-33-36-39-42-45-51(60)68-55-53(62)52(61)54(56(63)64)69-57(55)66-47-48(67-50(59)44-41-38-35-31-18-15-12-9-6-3)46-65-49(58)43-40-37-34-32-29-27-22-20-17-14-11-8-5-2/h8,11,17,20,23-24,27,29,34,37,48,52-55,57,61-62H,4-7,9-10,12-16,18-19,21-22,25-26,28,30-33,35-36,38-47H2,1-3H3,(H,63,64)/b11-8-,20-17-,24-23-,29-27-,37-34-. The molecule has 12 nitrogen and oxygen atoms in total. The molecule has 0 aromatic heterocycles. The van der Waals surface area contributed by atoms with Gasteiger partial charge in [-0.2, -0.15) is 0 Å². The number of rotatable bonds is 45. The van der Waals surface area contributed by atoms with E-state index in [1.54, 1.807) is 0 Å². The fraction of sp³-hybridized carbons (Fsp3) is 0.754. The van der Waals surface area contributed by atoms with Crippen molar-refractivity contribution in [2.45, 2.75) is 263 Å². The number of hydrogen-bond donors (Lipinski definition) is 3. The first-order valence-electron chi connectivity index (χ1n) is 27.3. The van der Waals surface area contributed by atoms with Gasteiger partial charge in [0.05, 0.1) is 6.61 Å². The molecule has 0 aromatic rings. The van der Waals surface area contributed by atoms with Crippen LogP contribution in [-0.4, -0.2) is 89.2 Å². The summed E-state index contributed by atoms with van der Waals surface area (Å²) >= 11 is 0. The van der Waals surface area contributed by atoms with Crippen LogP contribution in [0.15, 0.2) is 60.8 Å². The lowest BCUT2D eigenvalue weighted by atomic mass is 9.98. The number of aliphatic carboxylic acids is 1. The SMILES string of the molecule is CC/C=C\C/C=C\C/C=C\C/C=C\CCC(=O)OCC(COC1OC(C(=O)O)C(O)C(O)C1OC(=O)CCCCCCCCC/C=C\CCCCCCCC)OC(=O)CCCCCCCCCCC. The zero-order valence-electron chi connectivity index (χ0n) is 43.3. The summed E-state index contributed by atoms with van der Waals surface area (Å²) in [5, 5.41) is 31.4. The zero-order valence-corrected chi connectivity index (χ0v) is 43.3. The number of carbonyl (C=O) groups is 4. The van der Waals surface area contributed by atoms with E-state index in [0.717, 1.165) is 77.0 Å². The van der Waals surface area contributed by atoms with Crippen molar-refractivity contribution in [2.24, 2.45) is 0 Å². The quantitative estimate of drug-likeness (QED) is 0.0228. The molecule has 6 atom stereocenters. The summed E-state index contributed by atoms with van der Waals surface area (Å²) < 4.78 is 28.2. The number of allylic oxidation sites excluding steroid dienone is 10. The number of unbranched alkanes of at least 4 members (excludes halogenated alkanes) is 21. The van der Waals surface area contributed by atoms with Gasteiger partial charge >= 0.3 is 23.9 Å². The number of carbonyl (C=O) groups excluding carboxylic acids is 3. The average Bonchev–Trinajstić information content (AvgIpc) is 3.33. The highest BCUT2D eigenvalue weighted by Crippen LogP contribution is 2.26. The molecule has 0 spiro atoms. The molecule has 0 saturated carbocycles. The third-order valence-corrected chi connectivity index (χ3v) is 12.1. The number of aliphatic hydroxyl groups is 2. The molecule has 1 rings (SSSR count). The number of hydrogen-bond acceptors (Lipinski definition) is 11. The van der Waals surface area contributed by atoms with Gasteiger partial charge in [-0.1, -0.05) is 197 Å². The third kappa shape index (κ3) is 36.1. The van der Waals surface area contributed by atoms with Crippen LogP contribution in [0, 0.1) is 0 Å². The summed E-state index contributed by atoms with van der Waals surface area (Å²) in [5.74, 6) is -3.23. The number of ether oxygens (including phenoxy) is 5. The van der Waals surface area contributed by atoms with E-state index in [9.17, 15) is 34.5 Å². The molecule has 0 aliphatic carbocycles. The topological polar surface area (TPSA) is 175 Å². The molecule has 396 valence electrons. The van der Waals surface area contributed by atoms with E-state index in [0.29, 0.717) is 19.3 Å². The molecule has 1 aliphatic rings. The fourth-order valence-electron chi connectivity index (χ4n) is 7.90. The molecule has 0 amide bonds. The average molecular weight is 973 g/mol. The minimum Gasteiger partial charge on any atom is -0.479 e. The van der Waals surface area contributed by atoms with Gasteiger partial charge in [-0.25, -0.2) is 4.79 Å². The Hall–Kier alpha value is -3.58. The molecule has 0 bridgehead atoms. The van der Waals surface area contributed by atoms with E-state index in [1.165, 1.54) is 89.9 Å². The van der Waals surface area contributed by atoms with Gasteiger partial charge in [0.1, 0.15) is 18.8 Å². The normalized spacial score (nSPS) is 19.1. The van der Waals surface area contributed by atoms with Crippen molar-refractivity contribution in [1.29, 1.82) is 0 Å². The van der Waals surface area contributed by atoms with Gasteiger partial charge in [0.2, 0.25) is 0 Å². The molecule has 1 aliphatic heterocycles. The number of carboxylic acid groups (broad SMARTS) is 1. The van der Waals surface area contributed by atoms with Gasteiger partial charge in [-0.3, -0.25) is 14.4 Å². The number of aliphatic hydroxyl groups excluding tert-OH is 2. The van der Waals surface area contributed by atoms with E-state index >= 15 is 0 Å². The second kappa shape index (κ2) is 45.6. The molecule has 1 fully saturated rings. The Bertz CT molecular complexity index is 1440. The van der Waals surface area contributed by atoms with Crippen LogP contribution >= 0.6 is 0 Å². The van der Waals surface area contributed by atoms with Crippen molar-refractivity contribution in [2.75, 3.05) is 13.2 Å². The highest BCUT2D eigenvalue weighted by Gasteiger charge is 2.50. The van der Waals surface area contributed by atoms with Crippen molar-refractivity contribution in [3.05, 3.63) is 60.8 Å². The van der Waals surface area contributed by atoms with Gasteiger partial charge in [0, 0.05) is 19.3 Å². The van der Waals surface area contributed by atoms with E-state index in [4.69, 9.17) is 23.7 Å². The minimum atomic E-state index is -1.91. The van der Waals surface area contributed by atoms with Crippen LogP contribution in [0.2, 0.25) is 0 Å². The van der Waals surface area contributed by atoms with Gasteiger partial charge in [0.25, 0.3) is 0 Å². The summed E-state index contributed by atoms with van der Waals surface area (Å²) in [5.41, 5.74) is 0. The molecular formula is C57H96O12. The molecule has 6 unspecified atom stereocenters. The van der Waals surface area contributed by atoms with E-state index in [2.05, 4.69) is 69.4 Å². The lowest BCUT2D eigenvalue weighted by Crippen LogP contribution is -2.61. The molecular weight excluding hydrogens is 877 g/mol. The smallest absolute Gasteiger partial charge is 0.335 e. The van der Waals surface area contributed by atoms with E-state index in [-0.39, 0.29) is 25.9 Å². The Morgan fingerprint density at radius 3 is 1.45 bits per heavy atom. The molecule has 12 heteroatoms. The summed E-state index contributed by atoms with van der Waals surface area (Å²) in [4.78, 5) is 50.8. The maximum atomic E-state index is 13.0. The first kappa shape index (κ1) is 63.4. The lowest BCUT2D eigenvalue weighted by molar-refractivity contribution is -0.301. The van der Waals surface area contributed by atoms with Crippen molar-refractivity contribution in [3.63, 3.8) is 0 Å². The molecule has 0 aromatic carbocycles. The minimum absolute atomic E-state index is 0.0494. The van der Waals surface area contributed by atoms with Crippen molar-refractivity contribution in [3.8, 4) is 0 Å². The molecule has 0 radical (unpaired) electrons. The van der Waals surface area contributed by atoms with Crippen molar-refractivity contribution in [1.82, 2.24) is 0 Å². The summed E-state index contributed by atoms with van der Waals surface area (Å²) in [6.07, 6.45) is 42.3. The van der Waals surface area contributed by atoms with Crippen molar-refractivity contribution < 1.29 is 58.2 Å². The second-order valence-corrected chi connectivity index (χ2v) is 18.5. The Morgan fingerprint density at radius 1 is 0.493 bits per heavy atom. The highest BCUT2D eigenvalue weighted by molar-refractivity contribution is 5.74. The third-order valence-electron chi connectivity index (χ3n) is 12.1. The molecule has 69 heavy (non-hydrogen) atoms. The lowest BCUT2D eigenvalue weighted by Gasteiger charge is -2.40. The van der Waals surface area contributed by atoms with Crippen LogP contribution in [0.4, 0.5) is 0 Å². The monoisotopic (exact) mass is 973 g/mol.